The lowest BCUT2D eigenvalue weighted by molar-refractivity contribution is -0.0456. The van der Waals surface area contributed by atoms with Crippen LogP contribution in [0.1, 0.15) is 53.5 Å². The van der Waals surface area contributed by atoms with E-state index in [0.717, 1.165) is 11.8 Å². The van der Waals surface area contributed by atoms with Gasteiger partial charge in [0.25, 0.3) is 0 Å². The highest BCUT2D eigenvalue weighted by Gasteiger charge is 2.48. The van der Waals surface area contributed by atoms with Crippen LogP contribution in [-0.4, -0.2) is 27.4 Å². The molecule has 4 aromatic rings. The summed E-state index contributed by atoms with van der Waals surface area (Å²) >= 11 is 0. The lowest BCUT2D eigenvalue weighted by Gasteiger charge is -2.43. The molecule has 2 N–H and O–H groups in total. The Hall–Kier alpha value is -3.71. The van der Waals surface area contributed by atoms with Crippen LogP contribution < -0.4 is 0 Å². The number of ether oxygens (including phenoxy) is 1. The lowest BCUT2D eigenvalue weighted by atomic mass is 9.75. The molecule has 0 bridgehead atoms. The fraction of sp³-hybridized carbons (Fsp3) is 0.250. The Kier molecular flexibility index (Phi) is 5.04. The molecule has 0 aliphatic carbocycles. The first-order chi connectivity index (χ1) is 16.5. The number of nitrogens with zero attached hydrogens (tertiary/aromatic N) is 1. The second kappa shape index (κ2) is 7.65. The maximum absolute atomic E-state index is 15.4. The zero-order valence-electron chi connectivity index (χ0n) is 19.8. The van der Waals surface area contributed by atoms with Crippen molar-refractivity contribution in [2.75, 3.05) is 6.61 Å². The summed E-state index contributed by atoms with van der Waals surface area (Å²) in [5.74, 6) is -2.33. The van der Waals surface area contributed by atoms with Crippen LogP contribution in [0.2, 0.25) is 0 Å². The Morgan fingerprint density at radius 2 is 1.77 bits per heavy atom. The molecular formula is C28H25F2NO4. The number of halogens is 2. The molecule has 0 unspecified atom stereocenters. The molecule has 0 amide bonds. The molecule has 180 valence electrons. The first-order valence-electron chi connectivity index (χ1n) is 11.3. The third kappa shape index (κ3) is 3.33. The summed E-state index contributed by atoms with van der Waals surface area (Å²) in [5, 5.41) is 20.8. The van der Waals surface area contributed by atoms with Gasteiger partial charge in [0.05, 0.1) is 17.7 Å². The van der Waals surface area contributed by atoms with Gasteiger partial charge in [-0.1, -0.05) is 32.0 Å². The minimum atomic E-state index is -1.35. The molecule has 5 nitrogen and oxygen atoms in total. The number of fused-ring (bicyclic) bond motifs is 3. The number of rotatable bonds is 3. The molecule has 1 aromatic heterocycles. The van der Waals surface area contributed by atoms with Crippen LogP contribution >= 0.6 is 0 Å². The predicted octanol–water partition coefficient (Wildman–Crippen LogP) is 6.19. The van der Waals surface area contributed by atoms with E-state index in [-0.39, 0.29) is 29.3 Å². The van der Waals surface area contributed by atoms with Gasteiger partial charge in [-0.05, 0) is 55.8 Å². The van der Waals surface area contributed by atoms with Gasteiger partial charge in [-0.25, -0.2) is 13.6 Å². The number of aromatic hydroxyl groups is 1. The molecule has 1 atom stereocenters. The van der Waals surface area contributed by atoms with Crippen molar-refractivity contribution in [2.45, 2.75) is 38.7 Å². The number of carboxylic acid groups (broad SMARTS) is 1. The summed E-state index contributed by atoms with van der Waals surface area (Å²) in [7, 11) is 0. The van der Waals surface area contributed by atoms with Crippen molar-refractivity contribution in [3.8, 4) is 11.4 Å². The highest BCUT2D eigenvalue weighted by Crippen LogP contribution is 2.52. The second-order valence-electron chi connectivity index (χ2n) is 9.87. The molecule has 0 spiro atoms. The summed E-state index contributed by atoms with van der Waals surface area (Å²) in [4.78, 5) is 11.4. The smallest absolute Gasteiger partial charge is 0.335 e. The Labute approximate surface area is 201 Å². The zero-order valence-corrected chi connectivity index (χ0v) is 19.8. The number of aromatic nitrogens is 1. The second-order valence-corrected chi connectivity index (χ2v) is 9.87. The van der Waals surface area contributed by atoms with Crippen molar-refractivity contribution in [1.29, 1.82) is 0 Å². The van der Waals surface area contributed by atoms with Crippen molar-refractivity contribution in [2.24, 2.45) is 0 Å². The maximum Gasteiger partial charge on any atom is 0.335 e. The molecule has 1 aliphatic heterocycles. The zero-order chi connectivity index (χ0) is 25.3. The minimum absolute atomic E-state index is 0.0137. The summed E-state index contributed by atoms with van der Waals surface area (Å²) in [6.07, 6.45) is 0. The number of hydrogen-bond acceptors (Lipinski definition) is 3. The number of carbonyl (C=O) groups is 1. The van der Waals surface area contributed by atoms with Crippen LogP contribution in [0.5, 0.6) is 5.75 Å². The number of aromatic carboxylic acids is 1. The number of hydrogen-bond donors (Lipinski definition) is 2. The number of carboxylic acids is 1. The van der Waals surface area contributed by atoms with Crippen molar-refractivity contribution >= 4 is 16.9 Å². The van der Waals surface area contributed by atoms with Crippen LogP contribution in [0, 0.1) is 18.6 Å². The molecular weight excluding hydrogens is 452 g/mol. The van der Waals surface area contributed by atoms with Gasteiger partial charge in [-0.2, -0.15) is 0 Å². The fourth-order valence-corrected chi connectivity index (χ4v) is 5.13. The Morgan fingerprint density at radius 3 is 2.43 bits per heavy atom. The summed E-state index contributed by atoms with van der Waals surface area (Å²) in [6, 6.07) is 13.8. The normalized spacial score (nSPS) is 19.0. The monoisotopic (exact) mass is 477 g/mol. The minimum Gasteiger partial charge on any atom is -0.507 e. The average molecular weight is 478 g/mol. The van der Waals surface area contributed by atoms with E-state index in [2.05, 4.69) is 0 Å². The number of benzene rings is 3. The van der Waals surface area contributed by atoms with Gasteiger partial charge in [0, 0.05) is 33.3 Å². The van der Waals surface area contributed by atoms with Crippen LogP contribution in [0.4, 0.5) is 8.78 Å². The molecule has 1 aliphatic rings. The van der Waals surface area contributed by atoms with E-state index in [1.54, 1.807) is 32.0 Å². The maximum atomic E-state index is 15.4. The number of aryl methyl sites for hydroxylation is 1. The Morgan fingerprint density at radius 1 is 1.03 bits per heavy atom. The summed E-state index contributed by atoms with van der Waals surface area (Å²) < 4.78 is 38.3. The summed E-state index contributed by atoms with van der Waals surface area (Å²) in [5.41, 5.74) is 1.07. The molecule has 0 radical (unpaired) electrons. The first kappa shape index (κ1) is 23.1. The van der Waals surface area contributed by atoms with E-state index in [1.165, 1.54) is 18.2 Å². The van der Waals surface area contributed by atoms with Crippen LogP contribution in [-0.2, 0) is 15.8 Å². The van der Waals surface area contributed by atoms with Crippen molar-refractivity contribution in [1.82, 2.24) is 4.57 Å². The Bertz CT molecular complexity index is 1520. The van der Waals surface area contributed by atoms with Crippen LogP contribution in [0.15, 0.2) is 54.6 Å². The standard InChI is InChI=1S/C28H25F2NO4/c1-15-8-10-17(13-19(15)29)31-21-6-5-7-22(32)23(21)24-25(31)27(2,3)14-35-28(24,4)18-11-9-16(26(33)34)12-20(18)30/h5-13,32H,14H2,1-4H3,(H,33,34)/t28-/m0/s1. The van der Waals surface area contributed by atoms with E-state index in [9.17, 15) is 19.4 Å². The fourth-order valence-electron chi connectivity index (χ4n) is 5.13. The predicted molar refractivity (Wildman–Crippen MR) is 128 cm³/mol. The molecule has 35 heavy (non-hydrogen) atoms. The van der Waals surface area contributed by atoms with E-state index in [4.69, 9.17) is 4.74 Å². The van der Waals surface area contributed by atoms with E-state index < -0.39 is 22.8 Å². The van der Waals surface area contributed by atoms with E-state index >= 15 is 4.39 Å². The SMILES string of the molecule is Cc1ccc(-n2c3c(c4c(O)cccc42)[C@](C)(c2ccc(C(=O)O)cc2F)OCC3(C)C)cc1F. The lowest BCUT2D eigenvalue weighted by Crippen LogP contribution is -2.43. The van der Waals surface area contributed by atoms with Gasteiger partial charge in [0.1, 0.15) is 23.0 Å². The Balaban J connectivity index is 1.91. The number of phenolic OH excluding ortho intramolecular Hbond substituents is 1. The largest absolute Gasteiger partial charge is 0.507 e. The highest BCUT2D eigenvalue weighted by molar-refractivity contribution is 5.94. The third-order valence-electron chi connectivity index (χ3n) is 6.96. The van der Waals surface area contributed by atoms with Gasteiger partial charge in [0.2, 0.25) is 0 Å². The molecule has 0 saturated carbocycles. The molecule has 0 fully saturated rings. The van der Waals surface area contributed by atoms with Crippen molar-refractivity contribution in [3.05, 3.63) is 94.2 Å². The van der Waals surface area contributed by atoms with Crippen LogP contribution in [0.25, 0.3) is 16.6 Å². The molecule has 2 heterocycles. The number of phenols is 1. The van der Waals surface area contributed by atoms with Gasteiger partial charge in [-0.15, -0.1) is 0 Å². The van der Waals surface area contributed by atoms with Gasteiger partial charge >= 0.3 is 5.97 Å². The molecule has 0 saturated heterocycles. The first-order valence-corrected chi connectivity index (χ1v) is 11.3. The quantitative estimate of drug-likeness (QED) is 0.369. The highest BCUT2D eigenvalue weighted by atomic mass is 19.1. The molecule has 3 aromatic carbocycles. The summed E-state index contributed by atoms with van der Waals surface area (Å²) in [6.45, 7) is 7.57. The van der Waals surface area contributed by atoms with Gasteiger partial charge < -0.3 is 19.5 Å². The van der Waals surface area contributed by atoms with Crippen LogP contribution in [0.3, 0.4) is 0 Å². The average Bonchev–Trinajstić information content (AvgIpc) is 3.17. The van der Waals surface area contributed by atoms with E-state index in [0.29, 0.717) is 27.7 Å². The molecule has 5 rings (SSSR count). The van der Waals surface area contributed by atoms with E-state index in [1.807, 2.05) is 30.5 Å². The van der Waals surface area contributed by atoms with Crippen molar-refractivity contribution < 1.29 is 28.5 Å². The topological polar surface area (TPSA) is 71.7 Å². The molecule has 7 heteroatoms. The third-order valence-corrected chi connectivity index (χ3v) is 6.96. The van der Waals surface area contributed by atoms with Crippen molar-refractivity contribution in [3.63, 3.8) is 0 Å². The van der Waals surface area contributed by atoms with Gasteiger partial charge in [-0.3, -0.25) is 0 Å². The van der Waals surface area contributed by atoms with Gasteiger partial charge in [0.15, 0.2) is 0 Å².